The molecule has 0 unspecified atom stereocenters. The standard InChI is InChI=1S/C38H24N4/c1-3-11-25(12-4-1)26-19-21-28(22-20-26)42-32-17-9-7-15-29(32)34-31-23-39-24-40-36(31)35-30-16-8-10-18-33(30)41(38(35)37(34)42)27-13-5-2-6-14-27/h1-24H. The highest BCUT2D eigenvalue weighted by Crippen LogP contribution is 2.45. The zero-order chi connectivity index (χ0) is 27.6. The summed E-state index contributed by atoms with van der Waals surface area (Å²) >= 11 is 0. The van der Waals surface area contributed by atoms with Crippen molar-refractivity contribution in [3.8, 4) is 22.5 Å². The van der Waals surface area contributed by atoms with Crippen LogP contribution in [0.4, 0.5) is 0 Å². The molecule has 0 atom stereocenters. The van der Waals surface area contributed by atoms with Gasteiger partial charge in [0.1, 0.15) is 6.33 Å². The second kappa shape index (κ2) is 8.88. The third kappa shape index (κ3) is 3.17. The van der Waals surface area contributed by atoms with Crippen LogP contribution in [-0.2, 0) is 0 Å². The normalized spacial score (nSPS) is 11.8. The Morgan fingerprint density at radius 3 is 1.64 bits per heavy atom. The SMILES string of the molecule is c1ccc(-c2ccc(-n3c4ccccc4c4c5cncnc5c5c6ccccc6n(-c6ccccc6)c5c43)cc2)cc1. The summed E-state index contributed by atoms with van der Waals surface area (Å²) in [4.78, 5) is 9.44. The van der Waals surface area contributed by atoms with E-state index in [-0.39, 0.29) is 0 Å². The summed E-state index contributed by atoms with van der Waals surface area (Å²) in [5, 5.41) is 5.74. The van der Waals surface area contributed by atoms with E-state index in [2.05, 4.69) is 148 Å². The van der Waals surface area contributed by atoms with Crippen LogP contribution >= 0.6 is 0 Å². The Balaban J connectivity index is 1.52. The fraction of sp³-hybridized carbons (Fsp3) is 0. The second-order valence-electron chi connectivity index (χ2n) is 10.7. The summed E-state index contributed by atoms with van der Waals surface area (Å²) in [6.07, 6.45) is 3.65. The van der Waals surface area contributed by atoms with Gasteiger partial charge >= 0.3 is 0 Å². The summed E-state index contributed by atoms with van der Waals surface area (Å²) in [5.41, 5.74) is 10.2. The van der Waals surface area contributed by atoms with E-state index in [0.717, 1.165) is 49.7 Å². The lowest BCUT2D eigenvalue weighted by molar-refractivity contribution is 1.15. The fourth-order valence-corrected chi connectivity index (χ4v) is 6.70. The van der Waals surface area contributed by atoms with Crippen LogP contribution in [0.5, 0.6) is 0 Å². The summed E-state index contributed by atoms with van der Waals surface area (Å²) in [6.45, 7) is 0. The van der Waals surface area contributed by atoms with Crippen molar-refractivity contribution in [2.45, 2.75) is 0 Å². The minimum atomic E-state index is 0.973. The van der Waals surface area contributed by atoms with E-state index in [0.29, 0.717) is 0 Å². The van der Waals surface area contributed by atoms with Crippen molar-refractivity contribution in [3.63, 3.8) is 0 Å². The highest BCUT2D eigenvalue weighted by Gasteiger charge is 2.25. The molecule has 0 aliphatic rings. The van der Waals surface area contributed by atoms with Crippen LogP contribution in [0.3, 0.4) is 0 Å². The Kier molecular flexibility index (Phi) is 4.87. The van der Waals surface area contributed by atoms with E-state index < -0.39 is 0 Å². The predicted octanol–water partition coefficient (Wildman–Crippen LogP) is 9.49. The van der Waals surface area contributed by atoms with Crippen LogP contribution in [0.25, 0.3) is 77.0 Å². The molecule has 0 saturated carbocycles. The first kappa shape index (κ1) is 23.0. The van der Waals surface area contributed by atoms with Crippen molar-refractivity contribution in [3.05, 3.63) is 146 Å². The molecule has 3 aromatic heterocycles. The minimum absolute atomic E-state index is 0.973. The third-order valence-electron chi connectivity index (χ3n) is 8.44. The molecule has 4 nitrogen and oxygen atoms in total. The van der Waals surface area contributed by atoms with E-state index >= 15 is 0 Å². The first-order valence-electron chi connectivity index (χ1n) is 14.2. The van der Waals surface area contributed by atoms with Gasteiger partial charge in [0.05, 0.1) is 27.6 Å². The van der Waals surface area contributed by atoms with Crippen LogP contribution in [-0.4, -0.2) is 19.1 Å². The molecule has 42 heavy (non-hydrogen) atoms. The van der Waals surface area contributed by atoms with Crippen molar-refractivity contribution >= 4 is 54.5 Å². The lowest BCUT2D eigenvalue weighted by Crippen LogP contribution is -1.99. The summed E-state index contributed by atoms with van der Waals surface area (Å²) in [5.74, 6) is 0. The lowest BCUT2D eigenvalue weighted by atomic mass is 10.0. The van der Waals surface area contributed by atoms with Crippen molar-refractivity contribution in [1.82, 2.24) is 19.1 Å². The average molecular weight is 537 g/mol. The number of aromatic nitrogens is 4. The van der Waals surface area contributed by atoms with Gasteiger partial charge in [-0.3, -0.25) is 0 Å². The number of hydrogen-bond donors (Lipinski definition) is 0. The molecule has 0 saturated heterocycles. The molecular formula is C38H24N4. The Morgan fingerprint density at radius 2 is 0.952 bits per heavy atom. The molecule has 0 aliphatic heterocycles. The monoisotopic (exact) mass is 536 g/mol. The van der Waals surface area contributed by atoms with Crippen LogP contribution < -0.4 is 0 Å². The molecule has 0 spiro atoms. The van der Waals surface area contributed by atoms with Gasteiger partial charge in [-0.25, -0.2) is 9.97 Å². The summed E-state index contributed by atoms with van der Waals surface area (Å²) in [7, 11) is 0. The molecule has 0 amide bonds. The number of para-hydroxylation sites is 3. The molecule has 0 N–H and O–H groups in total. The molecule has 0 fully saturated rings. The van der Waals surface area contributed by atoms with Crippen LogP contribution in [0.1, 0.15) is 0 Å². The van der Waals surface area contributed by atoms with Gasteiger partial charge in [0, 0.05) is 44.5 Å². The number of fused-ring (bicyclic) bond motifs is 10. The minimum Gasteiger partial charge on any atom is -0.307 e. The maximum atomic E-state index is 4.92. The topological polar surface area (TPSA) is 35.6 Å². The number of rotatable bonds is 3. The largest absolute Gasteiger partial charge is 0.307 e. The number of nitrogens with zero attached hydrogens (tertiary/aromatic N) is 4. The Morgan fingerprint density at radius 1 is 0.429 bits per heavy atom. The number of hydrogen-bond acceptors (Lipinski definition) is 2. The van der Waals surface area contributed by atoms with Gasteiger partial charge < -0.3 is 9.13 Å². The smallest absolute Gasteiger partial charge is 0.116 e. The van der Waals surface area contributed by atoms with Crippen LogP contribution in [0.2, 0.25) is 0 Å². The lowest BCUT2D eigenvalue weighted by Gasteiger charge is -2.14. The van der Waals surface area contributed by atoms with E-state index in [9.17, 15) is 0 Å². The molecule has 196 valence electrons. The Labute approximate surface area is 241 Å². The molecule has 6 aromatic carbocycles. The maximum absolute atomic E-state index is 4.92. The van der Waals surface area contributed by atoms with E-state index in [1.165, 1.54) is 27.3 Å². The van der Waals surface area contributed by atoms with Crippen molar-refractivity contribution in [2.75, 3.05) is 0 Å². The quantitative estimate of drug-likeness (QED) is 0.225. The molecule has 4 heteroatoms. The zero-order valence-corrected chi connectivity index (χ0v) is 22.6. The van der Waals surface area contributed by atoms with Gasteiger partial charge in [-0.2, -0.15) is 0 Å². The Hall–Kier alpha value is -5.74. The maximum Gasteiger partial charge on any atom is 0.116 e. The summed E-state index contributed by atoms with van der Waals surface area (Å²) in [6, 6.07) is 47.5. The van der Waals surface area contributed by atoms with E-state index in [1.807, 2.05) is 6.20 Å². The van der Waals surface area contributed by atoms with Gasteiger partial charge in [-0.1, -0.05) is 97.1 Å². The van der Waals surface area contributed by atoms with Crippen molar-refractivity contribution in [2.24, 2.45) is 0 Å². The third-order valence-corrected chi connectivity index (χ3v) is 8.44. The average Bonchev–Trinajstić information content (AvgIpc) is 3.60. The predicted molar refractivity (Wildman–Crippen MR) is 174 cm³/mol. The van der Waals surface area contributed by atoms with Gasteiger partial charge in [0.15, 0.2) is 0 Å². The van der Waals surface area contributed by atoms with Crippen molar-refractivity contribution < 1.29 is 0 Å². The van der Waals surface area contributed by atoms with Gasteiger partial charge in [0.25, 0.3) is 0 Å². The summed E-state index contributed by atoms with van der Waals surface area (Å²) < 4.78 is 4.83. The van der Waals surface area contributed by atoms with Gasteiger partial charge in [0.2, 0.25) is 0 Å². The fourth-order valence-electron chi connectivity index (χ4n) is 6.70. The highest BCUT2D eigenvalue weighted by molar-refractivity contribution is 6.35. The first-order valence-corrected chi connectivity index (χ1v) is 14.2. The molecule has 0 bridgehead atoms. The van der Waals surface area contributed by atoms with E-state index in [1.54, 1.807) is 6.33 Å². The van der Waals surface area contributed by atoms with Gasteiger partial charge in [-0.05, 0) is 47.5 Å². The molecule has 0 radical (unpaired) electrons. The molecule has 9 aromatic rings. The zero-order valence-electron chi connectivity index (χ0n) is 22.6. The first-order chi connectivity index (χ1) is 20.9. The molecule has 3 heterocycles. The van der Waals surface area contributed by atoms with Crippen LogP contribution in [0, 0.1) is 0 Å². The highest BCUT2D eigenvalue weighted by atomic mass is 15.0. The second-order valence-corrected chi connectivity index (χ2v) is 10.7. The van der Waals surface area contributed by atoms with Crippen LogP contribution in [0.15, 0.2) is 146 Å². The Bertz CT molecular complexity index is 2430. The van der Waals surface area contributed by atoms with Crippen molar-refractivity contribution in [1.29, 1.82) is 0 Å². The molecular weight excluding hydrogens is 512 g/mol. The molecule has 0 aliphatic carbocycles. The van der Waals surface area contributed by atoms with E-state index in [4.69, 9.17) is 4.98 Å². The van der Waals surface area contributed by atoms with Gasteiger partial charge in [-0.15, -0.1) is 0 Å². The number of benzene rings is 6. The molecule has 9 rings (SSSR count).